The monoisotopic (exact) mass is 500 g/mol. The molecule has 0 spiro atoms. The molecular weight excluding hydrogens is 479 g/mol. The highest BCUT2D eigenvalue weighted by atomic mass is 35.5. The Bertz CT molecular complexity index is 1180. The summed E-state index contributed by atoms with van der Waals surface area (Å²) in [5, 5.41) is 12.3. The van der Waals surface area contributed by atoms with Gasteiger partial charge in [-0.15, -0.1) is 0 Å². The van der Waals surface area contributed by atoms with Crippen LogP contribution in [0.1, 0.15) is 22.3 Å². The molecule has 0 aliphatic heterocycles. The molecule has 0 aliphatic rings. The van der Waals surface area contributed by atoms with Gasteiger partial charge in [0.25, 0.3) is 5.91 Å². The Kier molecular flexibility index (Phi) is 8.45. The molecule has 2 N–H and O–H groups in total. The largest absolute Gasteiger partial charge is 0.481 e. The first-order chi connectivity index (χ1) is 16.3. The molecule has 0 saturated carbocycles. The van der Waals surface area contributed by atoms with Gasteiger partial charge in [-0.05, 0) is 36.2 Å². The molecule has 10 heteroatoms. The van der Waals surface area contributed by atoms with Crippen molar-refractivity contribution >= 4 is 52.7 Å². The fourth-order valence-corrected chi connectivity index (χ4v) is 3.64. The van der Waals surface area contributed by atoms with Gasteiger partial charge in [-0.25, -0.2) is 14.8 Å². The lowest BCUT2D eigenvalue weighted by Crippen LogP contribution is -2.40. The molecule has 8 nitrogen and oxygen atoms in total. The number of nitrogens with zero attached hydrogens (tertiary/aromatic N) is 3. The Morgan fingerprint density at radius 1 is 1.15 bits per heavy atom. The normalized spacial score (nSPS) is 11.8. The highest BCUT2D eigenvalue weighted by Gasteiger charge is 2.22. The maximum atomic E-state index is 12.5. The lowest BCUT2D eigenvalue weighted by atomic mass is 10.1. The highest BCUT2D eigenvalue weighted by molar-refractivity contribution is 6.39. The molecule has 1 heterocycles. The van der Waals surface area contributed by atoms with Crippen LogP contribution in [0.4, 0.5) is 11.5 Å². The van der Waals surface area contributed by atoms with E-state index in [1.54, 1.807) is 31.4 Å². The van der Waals surface area contributed by atoms with Crippen molar-refractivity contribution in [3.05, 3.63) is 82.1 Å². The van der Waals surface area contributed by atoms with Crippen molar-refractivity contribution in [2.75, 3.05) is 19.1 Å². The number of aromatic nitrogens is 2. The molecule has 3 aromatic rings. The number of carboxylic acid groups (broad SMARTS) is 1. The number of hydrogen-bond acceptors (Lipinski definition) is 6. The number of aliphatic carboxylic acids is 1. The van der Waals surface area contributed by atoms with Crippen LogP contribution < -0.4 is 15.0 Å². The first-order valence-corrected chi connectivity index (χ1v) is 10.9. The van der Waals surface area contributed by atoms with E-state index in [2.05, 4.69) is 15.3 Å². The third-order valence-corrected chi connectivity index (χ3v) is 5.57. The molecule has 34 heavy (non-hydrogen) atoms. The average molecular weight is 501 g/mol. The number of carbonyl (C=O) groups is 2. The predicted octanol–water partition coefficient (Wildman–Crippen LogP) is 4.85. The quantitative estimate of drug-likeness (QED) is 0.432. The van der Waals surface area contributed by atoms with Gasteiger partial charge in [-0.1, -0.05) is 53.6 Å². The standard InChI is InChI=1S/C24H22Cl2N4O4/c1-30(20-13-21(34-2)28-14-27-20)16-11-9-15(10-12-16)5-3-8-19(24(32)33)29-23(31)22-17(25)6-4-7-18(22)26/h3-7,9-14,19H,8H2,1-2H3,(H,29,31)(H,32,33)/b5-3+. The number of carboxylic acids is 1. The van der Waals surface area contributed by atoms with Crippen molar-refractivity contribution in [3.63, 3.8) is 0 Å². The lowest BCUT2D eigenvalue weighted by molar-refractivity contribution is -0.139. The second-order valence-electron chi connectivity index (χ2n) is 7.17. The van der Waals surface area contributed by atoms with E-state index in [0.717, 1.165) is 11.3 Å². The lowest BCUT2D eigenvalue weighted by Gasteiger charge is -2.18. The number of ether oxygens (including phenoxy) is 1. The summed E-state index contributed by atoms with van der Waals surface area (Å²) < 4.78 is 5.13. The molecule has 0 fully saturated rings. The summed E-state index contributed by atoms with van der Waals surface area (Å²) in [6.07, 6.45) is 4.97. The van der Waals surface area contributed by atoms with E-state index in [1.165, 1.54) is 18.5 Å². The van der Waals surface area contributed by atoms with E-state index in [9.17, 15) is 14.7 Å². The summed E-state index contributed by atoms with van der Waals surface area (Å²) in [6.45, 7) is 0. The summed E-state index contributed by atoms with van der Waals surface area (Å²) in [6, 6.07) is 12.8. The van der Waals surface area contributed by atoms with Crippen LogP contribution in [0.2, 0.25) is 10.0 Å². The Balaban J connectivity index is 1.64. The van der Waals surface area contributed by atoms with Crippen LogP contribution in [0, 0.1) is 0 Å². The molecule has 1 aromatic heterocycles. The summed E-state index contributed by atoms with van der Waals surface area (Å²) in [7, 11) is 3.41. The van der Waals surface area contributed by atoms with Gasteiger partial charge in [-0.2, -0.15) is 0 Å². The summed E-state index contributed by atoms with van der Waals surface area (Å²) in [5.74, 6) is -0.675. The second-order valence-corrected chi connectivity index (χ2v) is 7.98. The molecule has 0 saturated heterocycles. The molecule has 0 aliphatic carbocycles. The number of benzene rings is 2. The SMILES string of the molecule is COc1cc(N(C)c2ccc(/C=C/CC(NC(=O)c3c(Cl)cccc3Cl)C(=O)O)cc2)ncn1. The fourth-order valence-electron chi connectivity index (χ4n) is 3.07. The number of amides is 1. The molecule has 1 atom stereocenters. The van der Waals surface area contributed by atoms with E-state index in [0.29, 0.717) is 11.7 Å². The zero-order valence-corrected chi connectivity index (χ0v) is 19.9. The van der Waals surface area contributed by atoms with Crippen LogP contribution in [0.5, 0.6) is 5.88 Å². The van der Waals surface area contributed by atoms with Crippen LogP contribution in [-0.2, 0) is 4.79 Å². The number of nitrogens with one attached hydrogen (secondary N) is 1. The minimum atomic E-state index is -1.17. The van der Waals surface area contributed by atoms with Crippen LogP contribution in [0.3, 0.4) is 0 Å². The van der Waals surface area contributed by atoms with Gasteiger partial charge < -0.3 is 20.1 Å². The number of anilines is 2. The van der Waals surface area contributed by atoms with Crippen molar-refractivity contribution in [1.29, 1.82) is 0 Å². The topological polar surface area (TPSA) is 105 Å². The van der Waals surface area contributed by atoms with E-state index >= 15 is 0 Å². The summed E-state index contributed by atoms with van der Waals surface area (Å²) in [4.78, 5) is 34.3. The molecule has 176 valence electrons. The number of rotatable bonds is 9. The molecule has 2 aromatic carbocycles. The molecule has 3 rings (SSSR count). The van der Waals surface area contributed by atoms with Gasteiger partial charge in [-0.3, -0.25) is 4.79 Å². The van der Waals surface area contributed by atoms with Crippen molar-refractivity contribution in [2.45, 2.75) is 12.5 Å². The fraction of sp³-hybridized carbons (Fsp3) is 0.167. The highest BCUT2D eigenvalue weighted by Crippen LogP contribution is 2.25. The maximum Gasteiger partial charge on any atom is 0.326 e. The van der Waals surface area contributed by atoms with Crippen molar-refractivity contribution < 1.29 is 19.4 Å². The number of methoxy groups -OCH3 is 1. The minimum Gasteiger partial charge on any atom is -0.481 e. The Morgan fingerprint density at radius 2 is 1.82 bits per heavy atom. The first-order valence-electron chi connectivity index (χ1n) is 10.1. The van der Waals surface area contributed by atoms with E-state index in [-0.39, 0.29) is 22.0 Å². The maximum absolute atomic E-state index is 12.5. The smallest absolute Gasteiger partial charge is 0.326 e. The second kappa shape index (κ2) is 11.5. The van der Waals surface area contributed by atoms with Crippen LogP contribution >= 0.6 is 23.2 Å². The molecular formula is C24H22Cl2N4O4. The van der Waals surface area contributed by atoms with Crippen LogP contribution in [0.25, 0.3) is 6.08 Å². The molecule has 1 unspecified atom stereocenters. The third-order valence-electron chi connectivity index (χ3n) is 4.94. The zero-order chi connectivity index (χ0) is 24.7. The van der Waals surface area contributed by atoms with Crippen molar-refractivity contribution in [1.82, 2.24) is 15.3 Å². The van der Waals surface area contributed by atoms with Crippen LogP contribution in [0.15, 0.2) is 60.9 Å². The Labute approximate surface area is 206 Å². The predicted molar refractivity (Wildman–Crippen MR) is 132 cm³/mol. The molecule has 1 amide bonds. The van der Waals surface area contributed by atoms with Gasteiger partial charge >= 0.3 is 5.97 Å². The van der Waals surface area contributed by atoms with Gasteiger partial charge in [0.15, 0.2) is 0 Å². The van der Waals surface area contributed by atoms with Crippen molar-refractivity contribution in [3.8, 4) is 5.88 Å². The Morgan fingerprint density at radius 3 is 2.44 bits per heavy atom. The van der Waals surface area contributed by atoms with Gasteiger partial charge in [0.05, 0.1) is 22.7 Å². The third kappa shape index (κ3) is 6.24. The minimum absolute atomic E-state index is 0.0436. The number of halogens is 2. The zero-order valence-electron chi connectivity index (χ0n) is 18.4. The van der Waals surface area contributed by atoms with Gasteiger partial charge in [0, 0.05) is 18.8 Å². The van der Waals surface area contributed by atoms with Crippen LogP contribution in [-0.4, -0.2) is 47.2 Å². The molecule has 0 radical (unpaired) electrons. The van der Waals surface area contributed by atoms with E-state index in [4.69, 9.17) is 27.9 Å². The van der Waals surface area contributed by atoms with Gasteiger partial charge in [0.2, 0.25) is 5.88 Å². The molecule has 0 bridgehead atoms. The number of carbonyl (C=O) groups excluding carboxylic acids is 1. The average Bonchev–Trinajstić information content (AvgIpc) is 2.83. The first kappa shape index (κ1) is 25.0. The summed E-state index contributed by atoms with van der Waals surface area (Å²) >= 11 is 12.1. The van der Waals surface area contributed by atoms with E-state index < -0.39 is 17.9 Å². The Hall–Kier alpha value is -3.62. The van der Waals surface area contributed by atoms with E-state index in [1.807, 2.05) is 36.2 Å². The van der Waals surface area contributed by atoms with Gasteiger partial charge in [0.1, 0.15) is 18.2 Å². The number of hydrogen-bond donors (Lipinski definition) is 2. The summed E-state index contributed by atoms with van der Waals surface area (Å²) in [5.41, 5.74) is 1.80. The van der Waals surface area contributed by atoms with Crippen molar-refractivity contribution in [2.24, 2.45) is 0 Å².